The predicted octanol–water partition coefficient (Wildman–Crippen LogP) is 4.20. The van der Waals surface area contributed by atoms with Crippen molar-refractivity contribution in [3.63, 3.8) is 0 Å². The number of urea groups is 1. The third kappa shape index (κ3) is 8.56. The Morgan fingerprint density at radius 3 is 2.73 bits per heavy atom. The minimum atomic E-state index is -0.342. The van der Waals surface area contributed by atoms with Crippen LogP contribution in [0.4, 0.5) is 4.79 Å². The molecule has 0 aromatic rings. The van der Waals surface area contributed by atoms with Gasteiger partial charge in [-0.1, -0.05) is 26.3 Å². The third-order valence-corrected chi connectivity index (χ3v) is 4.94. The number of Topliss-reactive ketones (excluding diaryl/α,β-unsaturated/α-hetero) is 1. The van der Waals surface area contributed by atoms with Crippen LogP contribution >= 0.6 is 11.8 Å². The largest absolute Gasteiger partial charge is 0.341 e. The molecule has 26 heavy (non-hydrogen) atoms. The van der Waals surface area contributed by atoms with Crippen LogP contribution in [0.5, 0.6) is 0 Å². The van der Waals surface area contributed by atoms with E-state index in [4.69, 9.17) is 0 Å². The zero-order valence-electron chi connectivity index (χ0n) is 16.2. The SMILES string of the molecule is CCCC=NC(=NC)C1=CCC(NC(=O)N=C(C)SCC(=O)CC)CC1. The van der Waals surface area contributed by atoms with Gasteiger partial charge in [-0.15, -0.1) is 11.8 Å². The Morgan fingerprint density at radius 2 is 2.15 bits per heavy atom. The number of amidine groups is 1. The quantitative estimate of drug-likeness (QED) is 0.532. The highest BCUT2D eigenvalue weighted by atomic mass is 32.2. The monoisotopic (exact) mass is 378 g/mol. The van der Waals surface area contributed by atoms with Crippen molar-refractivity contribution >= 4 is 40.7 Å². The van der Waals surface area contributed by atoms with Gasteiger partial charge in [0.2, 0.25) is 0 Å². The Labute approximate surface area is 160 Å². The zero-order chi connectivity index (χ0) is 19.4. The molecule has 0 saturated carbocycles. The molecule has 1 aliphatic carbocycles. The van der Waals surface area contributed by atoms with Gasteiger partial charge in [-0.25, -0.2) is 9.79 Å². The van der Waals surface area contributed by atoms with Crippen molar-refractivity contribution in [3.05, 3.63) is 11.6 Å². The van der Waals surface area contributed by atoms with Crippen molar-refractivity contribution in [2.24, 2.45) is 15.0 Å². The average molecular weight is 379 g/mol. The summed E-state index contributed by atoms with van der Waals surface area (Å²) in [6, 6.07) is -0.269. The minimum Gasteiger partial charge on any atom is -0.333 e. The summed E-state index contributed by atoms with van der Waals surface area (Å²) in [5.74, 6) is 1.31. The number of carbonyl (C=O) groups is 2. The number of thioether (sulfide) groups is 1. The van der Waals surface area contributed by atoms with Gasteiger partial charge in [-0.05, 0) is 38.2 Å². The van der Waals surface area contributed by atoms with Crippen LogP contribution in [0, 0.1) is 0 Å². The lowest BCUT2D eigenvalue weighted by molar-refractivity contribution is -0.116. The molecule has 7 heteroatoms. The Balaban J connectivity index is 2.50. The molecule has 0 spiro atoms. The van der Waals surface area contributed by atoms with E-state index in [1.807, 2.05) is 13.1 Å². The number of hydrogen-bond acceptors (Lipinski definition) is 4. The van der Waals surface area contributed by atoms with Gasteiger partial charge in [-0.2, -0.15) is 4.99 Å². The maximum Gasteiger partial charge on any atom is 0.341 e. The number of carbonyl (C=O) groups excluding carboxylic acids is 2. The van der Waals surface area contributed by atoms with Crippen LogP contribution < -0.4 is 5.32 Å². The number of unbranched alkanes of at least 4 members (excludes halogenated alkanes) is 1. The summed E-state index contributed by atoms with van der Waals surface area (Å²) in [6.45, 7) is 5.70. The van der Waals surface area contributed by atoms with Gasteiger partial charge in [0.15, 0.2) is 0 Å². The molecule has 0 bridgehead atoms. The lowest BCUT2D eigenvalue weighted by atomic mass is 9.94. The van der Waals surface area contributed by atoms with E-state index in [9.17, 15) is 9.59 Å². The maximum absolute atomic E-state index is 12.0. The molecule has 0 heterocycles. The van der Waals surface area contributed by atoms with Crippen molar-refractivity contribution in [1.29, 1.82) is 0 Å². The van der Waals surface area contributed by atoms with E-state index in [0.717, 1.165) is 43.5 Å². The topological polar surface area (TPSA) is 83.2 Å². The van der Waals surface area contributed by atoms with E-state index in [2.05, 4.69) is 33.3 Å². The Bertz CT molecular complexity index is 609. The van der Waals surface area contributed by atoms with Crippen LogP contribution in [0.3, 0.4) is 0 Å². The highest BCUT2D eigenvalue weighted by molar-refractivity contribution is 8.14. The highest BCUT2D eigenvalue weighted by Crippen LogP contribution is 2.20. The molecule has 0 aliphatic heterocycles. The summed E-state index contributed by atoms with van der Waals surface area (Å²) in [7, 11) is 1.76. The van der Waals surface area contributed by atoms with Crippen molar-refractivity contribution in [2.45, 2.75) is 65.3 Å². The first-order valence-electron chi connectivity index (χ1n) is 9.19. The number of aliphatic imine (C=N–C) groups is 3. The molecule has 1 atom stereocenters. The molecule has 1 unspecified atom stereocenters. The van der Waals surface area contributed by atoms with E-state index in [1.54, 1.807) is 14.0 Å². The zero-order valence-corrected chi connectivity index (χ0v) is 17.1. The summed E-state index contributed by atoms with van der Waals surface area (Å²) in [6.07, 6.45) is 8.97. The van der Waals surface area contributed by atoms with E-state index < -0.39 is 0 Å². The molecule has 0 aromatic heterocycles. The lowest BCUT2D eigenvalue weighted by Crippen LogP contribution is -2.34. The van der Waals surface area contributed by atoms with Crippen molar-refractivity contribution in [1.82, 2.24) is 5.32 Å². The van der Waals surface area contributed by atoms with E-state index in [1.165, 1.54) is 11.8 Å². The first-order valence-corrected chi connectivity index (χ1v) is 10.2. The first-order chi connectivity index (χ1) is 12.5. The number of rotatable bonds is 7. The third-order valence-electron chi connectivity index (χ3n) is 3.96. The second-order valence-corrected chi connectivity index (χ2v) is 7.28. The van der Waals surface area contributed by atoms with Gasteiger partial charge >= 0.3 is 6.03 Å². The predicted molar refractivity (Wildman–Crippen MR) is 112 cm³/mol. The molecule has 0 aromatic carbocycles. The van der Waals surface area contributed by atoms with Gasteiger partial charge in [0.05, 0.1) is 10.8 Å². The standard InChI is InChI=1S/C19H30N4O2S/c1-5-7-12-21-18(20-4)15-8-10-16(11-9-15)23-19(25)22-14(3)26-13-17(24)6-2/h8,12,16H,5-7,9-11,13H2,1-4H3,(H,23,25). The van der Waals surface area contributed by atoms with Crippen molar-refractivity contribution < 1.29 is 9.59 Å². The van der Waals surface area contributed by atoms with Crippen LogP contribution in [-0.2, 0) is 4.79 Å². The molecular weight excluding hydrogens is 348 g/mol. The molecule has 1 rings (SSSR count). The average Bonchev–Trinajstić information content (AvgIpc) is 2.64. The molecule has 1 N–H and O–H groups in total. The lowest BCUT2D eigenvalue weighted by Gasteiger charge is -2.22. The van der Waals surface area contributed by atoms with Gasteiger partial charge in [0.1, 0.15) is 11.6 Å². The fourth-order valence-corrected chi connectivity index (χ4v) is 3.12. The molecule has 2 amide bonds. The van der Waals surface area contributed by atoms with Gasteiger partial charge in [0, 0.05) is 25.7 Å². The maximum atomic E-state index is 12.0. The summed E-state index contributed by atoms with van der Waals surface area (Å²) in [4.78, 5) is 36.0. The molecule has 144 valence electrons. The summed E-state index contributed by atoms with van der Waals surface area (Å²) < 4.78 is 0. The summed E-state index contributed by atoms with van der Waals surface area (Å²) in [5.41, 5.74) is 1.14. The Hall–Kier alpha value is -1.76. The van der Waals surface area contributed by atoms with E-state index in [0.29, 0.717) is 17.2 Å². The minimum absolute atomic E-state index is 0.0720. The number of nitrogens with one attached hydrogen (secondary N) is 1. The first kappa shape index (κ1) is 22.3. The van der Waals surface area contributed by atoms with E-state index >= 15 is 0 Å². The van der Waals surface area contributed by atoms with Crippen LogP contribution in [0.1, 0.15) is 59.3 Å². The second-order valence-electron chi connectivity index (χ2n) is 6.11. The summed E-state index contributed by atoms with van der Waals surface area (Å²) >= 11 is 1.31. The molecule has 0 fully saturated rings. The molecule has 1 aliphatic rings. The van der Waals surface area contributed by atoms with E-state index in [-0.39, 0.29) is 17.9 Å². The molecular formula is C19H30N4O2S. The van der Waals surface area contributed by atoms with Gasteiger partial charge in [-0.3, -0.25) is 9.79 Å². The second kappa shape index (κ2) is 12.6. The van der Waals surface area contributed by atoms with Crippen molar-refractivity contribution in [2.75, 3.05) is 12.8 Å². The molecule has 6 nitrogen and oxygen atoms in total. The van der Waals surface area contributed by atoms with Crippen LogP contribution in [0.2, 0.25) is 0 Å². The number of amides is 2. The summed E-state index contributed by atoms with van der Waals surface area (Å²) in [5, 5.41) is 3.55. The Morgan fingerprint density at radius 1 is 1.38 bits per heavy atom. The smallest absolute Gasteiger partial charge is 0.333 e. The van der Waals surface area contributed by atoms with Gasteiger partial charge < -0.3 is 5.32 Å². The number of nitrogens with zero attached hydrogens (tertiary/aromatic N) is 3. The van der Waals surface area contributed by atoms with Crippen LogP contribution in [0.15, 0.2) is 26.6 Å². The molecule has 0 radical (unpaired) electrons. The number of hydrogen-bond donors (Lipinski definition) is 1. The fraction of sp³-hybridized carbons (Fsp3) is 0.632. The van der Waals surface area contributed by atoms with Gasteiger partial charge in [0.25, 0.3) is 0 Å². The van der Waals surface area contributed by atoms with Crippen LogP contribution in [0.25, 0.3) is 0 Å². The molecule has 0 saturated heterocycles. The fourth-order valence-electron chi connectivity index (χ4n) is 2.40. The number of ketones is 1. The van der Waals surface area contributed by atoms with Crippen molar-refractivity contribution in [3.8, 4) is 0 Å². The van der Waals surface area contributed by atoms with Crippen LogP contribution in [-0.4, -0.2) is 47.8 Å². The normalized spacial score (nSPS) is 18.8. The Kier molecular flexibility index (Phi) is 10.8. The highest BCUT2D eigenvalue weighted by Gasteiger charge is 2.18.